The number of pyridine rings is 1. The van der Waals surface area contributed by atoms with Crippen molar-refractivity contribution in [1.82, 2.24) is 0 Å². The highest BCUT2D eigenvalue weighted by Crippen LogP contribution is 2.57. The zero-order valence-electron chi connectivity index (χ0n) is 19.8. The predicted molar refractivity (Wildman–Crippen MR) is 130 cm³/mol. The number of nitrogens with zero attached hydrogens (tertiary/aromatic N) is 1. The topological polar surface area (TPSA) is 95.2 Å². The number of carboxylic acid groups (broad SMARTS) is 1. The Morgan fingerprint density at radius 3 is 2.30 bits per heavy atom. The minimum atomic E-state index is -1.15. The van der Waals surface area contributed by atoms with Crippen LogP contribution in [-0.2, 0) is 28.3 Å². The molecule has 0 radical (unpaired) electrons. The molecule has 4 aromatic rings. The zero-order chi connectivity index (χ0) is 25.6. The number of esters is 1. The molecule has 8 nitrogen and oxygen atoms in total. The van der Waals surface area contributed by atoms with Crippen LogP contribution in [0.25, 0.3) is 0 Å². The lowest BCUT2D eigenvalue weighted by molar-refractivity contribution is -0.685. The lowest BCUT2D eigenvalue weighted by Crippen LogP contribution is -2.36. The highest BCUT2D eigenvalue weighted by molar-refractivity contribution is 5.97. The van der Waals surface area contributed by atoms with Gasteiger partial charge in [-0.3, -0.25) is 0 Å². The van der Waals surface area contributed by atoms with Crippen LogP contribution in [0, 0.1) is 0 Å². The van der Waals surface area contributed by atoms with Crippen LogP contribution in [0.5, 0.6) is 23.0 Å². The molecule has 2 aliphatic rings. The second-order valence-corrected chi connectivity index (χ2v) is 8.80. The van der Waals surface area contributed by atoms with Gasteiger partial charge >= 0.3 is 11.9 Å². The Bertz CT molecular complexity index is 1550. The molecule has 1 aromatic heterocycles. The zero-order valence-corrected chi connectivity index (χ0v) is 19.8. The van der Waals surface area contributed by atoms with E-state index in [0.29, 0.717) is 39.7 Å². The van der Waals surface area contributed by atoms with Gasteiger partial charge in [-0.25, -0.2) is 9.59 Å². The Balaban J connectivity index is 1.37. The van der Waals surface area contributed by atoms with Crippen molar-refractivity contribution < 1.29 is 38.2 Å². The number of rotatable bonds is 6. The molecule has 1 spiro atoms. The summed E-state index contributed by atoms with van der Waals surface area (Å²) in [5.41, 5.74) is 2.41. The van der Waals surface area contributed by atoms with Gasteiger partial charge in [-0.15, -0.1) is 0 Å². The van der Waals surface area contributed by atoms with E-state index in [4.69, 9.17) is 24.1 Å². The Labute approximate surface area is 212 Å². The Morgan fingerprint density at radius 1 is 0.919 bits per heavy atom. The lowest BCUT2D eigenvalue weighted by atomic mass is 9.77. The van der Waals surface area contributed by atoms with Crippen LogP contribution in [0.2, 0.25) is 0 Å². The number of hydrogen-bond donors (Lipinski definition) is 1. The van der Waals surface area contributed by atoms with Crippen LogP contribution in [0.3, 0.4) is 0 Å². The number of benzene rings is 3. The maximum absolute atomic E-state index is 12.9. The summed E-state index contributed by atoms with van der Waals surface area (Å²) in [5, 5.41) is 8.93. The summed E-state index contributed by atoms with van der Waals surface area (Å²) in [6, 6.07) is 21.9. The molecule has 8 heteroatoms. The number of carbonyl (C=O) groups is 2. The first kappa shape index (κ1) is 22.6. The van der Waals surface area contributed by atoms with E-state index < -0.39 is 17.5 Å². The second kappa shape index (κ2) is 8.67. The molecule has 1 N–H and O–H groups in total. The molecule has 184 valence electrons. The maximum atomic E-state index is 12.9. The van der Waals surface area contributed by atoms with E-state index in [-0.39, 0.29) is 13.2 Å². The highest BCUT2D eigenvalue weighted by Gasteiger charge is 2.53. The van der Waals surface area contributed by atoms with Crippen molar-refractivity contribution in [3.05, 3.63) is 113 Å². The molecule has 3 aromatic carbocycles. The van der Waals surface area contributed by atoms with Gasteiger partial charge in [-0.1, -0.05) is 18.2 Å². The number of aliphatic carboxylic acids is 1. The number of ether oxygens (including phenoxy) is 4. The third kappa shape index (κ3) is 3.74. The summed E-state index contributed by atoms with van der Waals surface area (Å²) in [6.07, 6.45) is 3.39. The average molecular weight is 496 g/mol. The number of carboxylic acids is 1. The van der Waals surface area contributed by atoms with Crippen LogP contribution < -0.4 is 18.8 Å². The molecule has 6 rings (SSSR count). The minimum Gasteiger partial charge on any atom is -0.497 e. The molecule has 0 fully saturated rings. The summed E-state index contributed by atoms with van der Waals surface area (Å²) >= 11 is 0. The van der Waals surface area contributed by atoms with E-state index in [1.54, 1.807) is 42.3 Å². The molecular formula is C29H22NO7+. The predicted octanol–water partition coefficient (Wildman–Crippen LogP) is 4.21. The standard InChI is InChI=1S/C29H21NO7/c1-34-19-6-8-23-25(14-19)36-26-15-20(35-17-18-10-12-30(13-11-18)16-27(31)32)7-9-24(26)29(23)22-5-3-2-4-21(22)28(33)37-29/h2-15H,16-17H2,1H3/p+1. The molecule has 0 aliphatic carbocycles. The van der Waals surface area contributed by atoms with Gasteiger partial charge in [0.25, 0.3) is 0 Å². The number of aromatic nitrogens is 1. The van der Waals surface area contributed by atoms with Crippen LogP contribution in [0.4, 0.5) is 0 Å². The van der Waals surface area contributed by atoms with Crippen molar-refractivity contribution in [2.75, 3.05) is 7.11 Å². The first-order chi connectivity index (χ1) is 18.0. The van der Waals surface area contributed by atoms with Gasteiger partial charge in [-0.05, 0) is 30.3 Å². The molecular weight excluding hydrogens is 474 g/mol. The normalized spacial score (nSPS) is 16.7. The van der Waals surface area contributed by atoms with Gasteiger partial charge < -0.3 is 24.1 Å². The molecule has 1 atom stereocenters. The van der Waals surface area contributed by atoms with Gasteiger partial charge in [0, 0.05) is 46.5 Å². The molecule has 1 unspecified atom stereocenters. The minimum absolute atomic E-state index is 0.106. The van der Waals surface area contributed by atoms with Crippen LogP contribution >= 0.6 is 0 Å². The van der Waals surface area contributed by atoms with E-state index in [1.165, 1.54) is 0 Å². The Hall–Kier alpha value is -4.85. The van der Waals surface area contributed by atoms with Crippen molar-refractivity contribution in [3.8, 4) is 23.0 Å². The molecule has 0 bridgehead atoms. The molecule has 0 amide bonds. The molecule has 2 aliphatic heterocycles. The van der Waals surface area contributed by atoms with Crippen LogP contribution in [0.15, 0.2) is 85.2 Å². The smallest absolute Gasteiger partial charge is 0.370 e. The second-order valence-electron chi connectivity index (χ2n) is 8.80. The van der Waals surface area contributed by atoms with Gasteiger partial charge in [0.15, 0.2) is 18.0 Å². The van der Waals surface area contributed by atoms with Crippen LogP contribution in [-0.4, -0.2) is 24.2 Å². The first-order valence-electron chi connectivity index (χ1n) is 11.6. The SMILES string of the molecule is COc1ccc2c(c1)Oc1cc(OCc3cc[n+](CC(=O)O)cc3)ccc1C21OC(=O)c2ccccc21. The van der Waals surface area contributed by atoms with E-state index in [2.05, 4.69) is 0 Å². The fourth-order valence-electron chi connectivity index (χ4n) is 4.87. The Kier molecular flexibility index (Phi) is 5.30. The number of hydrogen-bond acceptors (Lipinski definition) is 6. The number of methoxy groups -OCH3 is 1. The molecule has 0 saturated carbocycles. The molecule has 3 heterocycles. The van der Waals surface area contributed by atoms with Gasteiger partial charge in [-0.2, -0.15) is 4.57 Å². The highest BCUT2D eigenvalue weighted by atomic mass is 16.6. The Morgan fingerprint density at radius 2 is 1.59 bits per heavy atom. The van der Waals surface area contributed by atoms with E-state index in [0.717, 1.165) is 11.1 Å². The fourth-order valence-corrected chi connectivity index (χ4v) is 4.87. The van der Waals surface area contributed by atoms with Crippen molar-refractivity contribution in [3.63, 3.8) is 0 Å². The van der Waals surface area contributed by atoms with Crippen molar-refractivity contribution in [1.29, 1.82) is 0 Å². The summed E-state index contributed by atoms with van der Waals surface area (Å²) in [4.78, 5) is 23.8. The van der Waals surface area contributed by atoms with E-state index in [1.807, 2.05) is 54.6 Å². The summed E-state index contributed by atoms with van der Waals surface area (Å²) in [5.74, 6) is 0.923. The quantitative estimate of drug-likeness (QED) is 0.316. The van der Waals surface area contributed by atoms with E-state index >= 15 is 0 Å². The van der Waals surface area contributed by atoms with Crippen molar-refractivity contribution in [2.45, 2.75) is 18.8 Å². The van der Waals surface area contributed by atoms with E-state index in [9.17, 15) is 9.59 Å². The van der Waals surface area contributed by atoms with Crippen LogP contribution in [0.1, 0.15) is 32.6 Å². The molecule has 0 saturated heterocycles. The largest absolute Gasteiger partial charge is 0.497 e. The summed E-state index contributed by atoms with van der Waals surface area (Å²) < 4.78 is 25.4. The van der Waals surface area contributed by atoms with Gasteiger partial charge in [0.05, 0.1) is 12.7 Å². The first-order valence-corrected chi connectivity index (χ1v) is 11.6. The monoisotopic (exact) mass is 496 g/mol. The average Bonchev–Trinajstić information content (AvgIpc) is 3.20. The fraction of sp³-hybridized carbons (Fsp3) is 0.138. The summed E-state index contributed by atoms with van der Waals surface area (Å²) in [6.45, 7) is 0.172. The van der Waals surface area contributed by atoms with Crippen molar-refractivity contribution in [2.24, 2.45) is 0 Å². The number of carbonyl (C=O) groups excluding carboxylic acids is 1. The third-order valence-corrected chi connectivity index (χ3v) is 6.58. The van der Waals surface area contributed by atoms with Gasteiger partial charge in [0.2, 0.25) is 6.54 Å². The van der Waals surface area contributed by atoms with Gasteiger partial charge in [0.1, 0.15) is 29.6 Å². The lowest BCUT2D eigenvalue weighted by Gasteiger charge is -2.36. The third-order valence-electron chi connectivity index (χ3n) is 6.58. The maximum Gasteiger partial charge on any atom is 0.370 e. The van der Waals surface area contributed by atoms with Crippen molar-refractivity contribution >= 4 is 11.9 Å². The number of fused-ring (bicyclic) bond motifs is 6. The molecule has 37 heavy (non-hydrogen) atoms. The summed E-state index contributed by atoms with van der Waals surface area (Å²) in [7, 11) is 1.58.